The van der Waals surface area contributed by atoms with Crippen LogP contribution in [0.4, 0.5) is 0 Å². The van der Waals surface area contributed by atoms with Crippen LogP contribution in [0.2, 0.25) is 0 Å². The van der Waals surface area contributed by atoms with Crippen LogP contribution in [0.25, 0.3) is 0 Å². The fourth-order valence-corrected chi connectivity index (χ4v) is 0.811. The molecule has 0 aromatic carbocycles. The van der Waals surface area contributed by atoms with E-state index in [1.165, 1.54) is 0 Å². The fourth-order valence-electron chi connectivity index (χ4n) is 0.811. The smallest absolute Gasteiger partial charge is 0.306 e. The highest BCUT2D eigenvalue weighted by Crippen LogP contribution is 2.37. The Morgan fingerprint density at radius 3 is 2.62 bits per heavy atom. The number of carboxylic acid groups (broad SMARTS) is 1. The lowest BCUT2D eigenvalue weighted by atomic mass is 10.3. The predicted octanol–water partition coefficient (Wildman–Crippen LogP) is -0.334. The minimum atomic E-state index is -0.694. The third-order valence-electron chi connectivity index (χ3n) is 1.54. The van der Waals surface area contributed by atoms with Crippen LogP contribution in [0.1, 0.15) is 6.42 Å². The average Bonchev–Trinajstić information content (AvgIpc) is 2.42. The fraction of sp³-hybridized carbons (Fsp3) is 0.800. The summed E-state index contributed by atoms with van der Waals surface area (Å²) in [7, 11) is 0. The third kappa shape index (κ3) is 0.816. The Balaban J connectivity index is 2.26. The Morgan fingerprint density at radius 1 is 1.88 bits per heavy atom. The molecular formula is C5H9NO2. The molecule has 1 fully saturated rings. The van der Waals surface area contributed by atoms with E-state index in [-0.39, 0.29) is 11.8 Å². The van der Waals surface area contributed by atoms with Gasteiger partial charge in [-0.05, 0) is 18.9 Å². The van der Waals surface area contributed by atoms with Crippen molar-refractivity contribution in [3.8, 4) is 0 Å². The summed E-state index contributed by atoms with van der Waals surface area (Å²) < 4.78 is 0. The van der Waals surface area contributed by atoms with Gasteiger partial charge in [0.2, 0.25) is 0 Å². The van der Waals surface area contributed by atoms with E-state index in [2.05, 4.69) is 0 Å². The molecule has 2 atom stereocenters. The van der Waals surface area contributed by atoms with E-state index >= 15 is 0 Å². The van der Waals surface area contributed by atoms with Crippen molar-refractivity contribution in [3.63, 3.8) is 0 Å². The molecule has 0 bridgehead atoms. The highest BCUT2D eigenvalue weighted by Gasteiger charge is 2.41. The summed E-state index contributed by atoms with van der Waals surface area (Å²) in [6.45, 7) is 0.525. The van der Waals surface area contributed by atoms with E-state index in [0.29, 0.717) is 6.54 Å². The van der Waals surface area contributed by atoms with Gasteiger partial charge in [0.05, 0.1) is 5.92 Å². The molecule has 8 heavy (non-hydrogen) atoms. The highest BCUT2D eigenvalue weighted by molar-refractivity contribution is 5.73. The van der Waals surface area contributed by atoms with Crippen molar-refractivity contribution in [1.29, 1.82) is 0 Å². The maximum absolute atomic E-state index is 10.1. The average molecular weight is 115 g/mol. The molecular weight excluding hydrogens is 106 g/mol. The van der Waals surface area contributed by atoms with Crippen LogP contribution in [0.5, 0.6) is 0 Å². The first-order valence-corrected chi connectivity index (χ1v) is 2.68. The Labute approximate surface area is 47.5 Å². The summed E-state index contributed by atoms with van der Waals surface area (Å²) in [5.41, 5.74) is 5.20. The molecule has 46 valence electrons. The van der Waals surface area contributed by atoms with Gasteiger partial charge in [0.25, 0.3) is 0 Å². The van der Waals surface area contributed by atoms with Gasteiger partial charge in [-0.25, -0.2) is 0 Å². The number of carbonyl (C=O) groups is 1. The minimum Gasteiger partial charge on any atom is -0.481 e. The van der Waals surface area contributed by atoms with Gasteiger partial charge in [-0.3, -0.25) is 4.79 Å². The molecule has 3 heteroatoms. The van der Waals surface area contributed by atoms with Crippen molar-refractivity contribution in [2.24, 2.45) is 17.6 Å². The number of hydrogen-bond donors (Lipinski definition) is 2. The Hall–Kier alpha value is -0.570. The molecule has 3 N–H and O–H groups in total. The number of hydrogen-bond acceptors (Lipinski definition) is 2. The second kappa shape index (κ2) is 1.74. The van der Waals surface area contributed by atoms with Crippen molar-refractivity contribution >= 4 is 5.97 Å². The number of nitrogens with two attached hydrogens (primary N) is 1. The van der Waals surface area contributed by atoms with Gasteiger partial charge in [0, 0.05) is 0 Å². The van der Waals surface area contributed by atoms with Gasteiger partial charge in [0.15, 0.2) is 0 Å². The van der Waals surface area contributed by atoms with Crippen LogP contribution in [0.15, 0.2) is 0 Å². The summed E-state index contributed by atoms with van der Waals surface area (Å²) in [6.07, 6.45) is 0.784. The summed E-state index contributed by atoms with van der Waals surface area (Å²) in [6, 6.07) is 0. The highest BCUT2D eigenvalue weighted by atomic mass is 16.4. The van der Waals surface area contributed by atoms with Crippen LogP contribution >= 0.6 is 0 Å². The van der Waals surface area contributed by atoms with Crippen molar-refractivity contribution in [2.75, 3.05) is 6.54 Å². The van der Waals surface area contributed by atoms with E-state index in [0.717, 1.165) is 6.42 Å². The summed E-state index contributed by atoms with van der Waals surface area (Å²) in [5, 5.41) is 8.30. The predicted molar refractivity (Wildman–Crippen MR) is 28.3 cm³/mol. The quantitative estimate of drug-likeness (QED) is 0.517. The lowest BCUT2D eigenvalue weighted by Gasteiger charge is -1.85. The zero-order valence-electron chi connectivity index (χ0n) is 4.50. The van der Waals surface area contributed by atoms with Gasteiger partial charge < -0.3 is 10.8 Å². The minimum absolute atomic E-state index is 0.125. The molecule has 0 amide bonds. The molecule has 3 nitrogen and oxygen atoms in total. The lowest BCUT2D eigenvalue weighted by molar-refractivity contribution is -0.138. The van der Waals surface area contributed by atoms with Crippen molar-refractivity contribution < 1.29 is 9.90 Å². The molecule has 1 aliphatic rings. The second-order valence-electron chi connectivity index (χ2n) is 2.18. The third-order valence-corrected chi connectivity index (χ3v) is 1.54. The lowest BCUT2D eigenvalue weighted by Crippen LogP contribution is -2.07. The first-order valence-electron chi connectivity index (χ1n) is 2.68. The molecule has 0 heterocycles. The van der Waals surface area contributed by atoms with Gasteiger partial charge in [0.1, 0.15) is 0 Å². The molecule has 0 saturated heterocycles. The molecule has 0 aromatic rings. The molecule has 0 spiro atoms. The standard InChI is InChI=1S/C5H9NO2/c6-2-3-1-4(3)5(7)8/h3-4H,1-2,6H2,(H,7,8)/t3-,4+/m0/s1. The molecule has 0 radical (unpaired) electrons. The van der Waals surface area contributed by atoms with E-state index < -0.39 is 5.97 Å². The Bertz CT molecular complexity index is 113. The SMILES string of the molecule is NC[C@@H]1C[C@H]1C(=O)O. The van der Waals surface area contributed by atoms with E-state index in [4.69, 9.17) is 10.8 Å². The molecule has 0 unspecified atom stereocenters. The van der Waals surface area contributed by atoms with Gasteiger partial charge in [-0.2, -0.15) is 0 Å². The summed E-state index contributed by atoms with van der Waals surface area (Å²) >= 11 is 0. The summed E-state index contributed by atoms with van der Waals surface area (Å²) in [5.74, 6) is -0.548. The number of carboxylic acids is 1. The van der Waals surface area contributed by atoms with Gasteiger partial charge >= 0.3 is 5.97 Å². The topological polar surface area (TPSA) is 63.3 Å². The van der Waals surface area contributed by atoms with Crippen molar-refractivity contribution in [3.05, 3.63) is 0 Å². The number of rotatable bonds is 2. The molecule has 1 rings (SSSR count). The number of aliphatic carboxylic acids is 1. The summed E-state index contributed by atoms with van der Waals surface area (Å²) in [4.78, 5) is 10.1. The molecule has 0 aliphatic heterocycles. The van der Waals surface area contributed by atoms with Gasteiger partial charge in [-0.1, -0.05) is 0 Å². The first kappa shape index (κ1) is 5.56. The maximum atomic E-state index is 10.1. The first-order chi connectivity index (χ1) is 3.75. The molecule has 0 aromatic heterocycles. The van der Waals surface area contributed by atoms with Crippen LogP contribution in [0.3, 0.4) is 0 Å². The van der Waals surface area contributed by atoms with Crippen LogP contribution in [-0.2, 0) is 4.79 Å². The van der Waals surface area contributed by atoms with Crippen LogP contribution < -0.4 is 5.73 Å². The van der Waals surface area contributed by atoms with E-state index in [9.17, 15) is 4.79 Å². The molecule has 1 aliphatic carbocycles. The largest absolute Gasteiger partial charge is 0.481 e. The van der Waals surface area contributed by atoms with Crippen LogP contribution in [0, 0.1) is 11.8 Å². The Kier molecular flexibility index (Phi) is 1.21. The Morgan fingerprint density at radius 2 is 2.50 bits per heavy atom. The van der Waals surface area contributed by atoms with E-state index in [1.54, 1.807) is 0 Å². The monoisotopic (exact) mass is 115 g/mol. The van der Waals surface area contributed by atoms with Crippen molar-refractivity contribution in [2.45, 2.75) is 6.42 Å². The van der Waals surface area contributed by atoms with Crippen molar-refractivity contribution in [1.82, 2.24) is 0 Å². The van der Waals surface area contributed by atoms with E-state index in [1.807, 2.05) is 0 Å². The zero-order valence-corrected chi connectivity index (χ0v) is 4.50. The second-order valence-corrected chi connectivity index (χ2v) is 2.18. The molecule has 1 saturated carbocycles. The zero-order chi connectivity index (χ0) is 6.15. The maximum Gasteiger partial charge on any atom is 0.306 e. The van der Waals surface area contributed by atoms with Gasteiger partial charge in [-0.15, -0.1) is 0 Å². The van der Waals surface area contributed by atoms with Crippen LogP contribution in [-0.4, -0.2) is 17.6 Å². The normalized spacial score (nSPS) is 34.6.